The van der Waals surface area contributed by atoms with Crippen molar-refractivity contribution in [2.24, 2.45) is 0 Å². The van der Waals surface area contributed by atoms with E-state index in [9.17, 15) is 4.79 Å². The molecule has 0 aromatic carbocycles. The fourth-order valence-electron chi connectivity index (χ4n) is 0.359. The van der Waals surface area contributed by atoms with Crippen molar-refractivity contribution in [1.29, 1.82) is 0 Å². The SMILES string of the molecule is CC(=O)/C(Cl)=C(\C)CCl. The average molecular weight is 167 g/mol. The summed E-state index contributed by atoms with van der Waals surface area (Å²) in [5.41, 5.74) is 0.728. The van der Waals surface area contributed by atoms with Crippen LogP contribution in [-0.4, -0.2) is 11.7 Å². The summed E-state index contributed by atoms with van der Waals surface area (Å²) in [7, 11) is 0. The van der Waals surface area contributed by atoms with Crippen molar-refractivity contribution in [2.75, 3.05) is 5.88 Å². The van der Waals surface area contributed by atoms with Crippen LogP contribution in [0.5, 0.6) is 0 Å². The zero-order chi connectivity index (χ0) is 7.44. The van der Waals surface area contributed by atoms with Crippen molar-refractivity contribution < 1.29 is 4.79 Å². The molecule has 52 valence electrons. The van der Waals surface area contributed by atoms with E-state index in [2.05, 4.69) is 0 Å². The Morgan fingerprint density at radius 2 is 1.89 bits per heavy atom. The summed E-state index contributed by atoms with van der Waals surface area (Å²) < 4.78 is 0. The van der Waals surface area contributed by atoms with Crippen molar-refractivity contribution in [2.45, 2.75) is 13.8 Å². The van der Waals surface area contributed by atoms with Gasteiger partial charge in [-0.3, -0.25) is 4.79 Å². The second kappa shape index (κ2) is 3.91. The van der Waals surface area contributed by atoms with Crippen LogP contribution < -0.4 is 0 Å². The quantitative estimate of drug-likeness (QED) is 0.455. The van der Waals surface area contributed by atoms with Crippen LogP contribution in [0.2, 0.25) is 0 Å². The Labute approximate surface area is 64.6 Å². The Bertz CT molecular complexity index is 149. The number of hydrogen-bond donors (Lipinski definition) is 0. The van der Waals surface area contributed by atoms with E-state index in [1.54, 1.807) is 6.92 Å². The zero-order valence-corrected chi connectivity index (χ0v) is 6.88. The Balaban J connectivity index is 4.28. The number of Topliss-reactive ketones (excluding diaryl/α,β-unsaturated/α-hetero) is 1. The van der Waals surface area contributed by atoms with E-state index in [-0.39, 0.29) is 10.8 Å². The molecule has 3 heteroatoms. The molecule has 0 aromatic heterocycles. The van der Waals surface area contributed by atoms with Crippen LogP contribution in [0.4, 0.5) is 0 Å². The molecule has 0 aliphatic rings. The van der Waals surface area contributed by atoms with E-state index in [4.69, 9.17) is 23.2 Å². The second-order valence-electron chi connectivity index (χ2n) is 1.78. The number of ketones is 1. The number of carbonyl (C=O) groups excluding carboxylic acids is 1. The molecule has 0 aliphatic carbocycles. The van der Waals surface area contributed by atoms with Crippen molar-refractivity contribution >= 4 is 29.0 Å². The van der Waals surface area contributed by atoms with Crippen molar-refractivity contribution in [3.05, 3.63) is 10.6 Å². The van der Waals surface area contributed by atoms with E-state index in [0.29, 0.717) is 5.88 Å². The Kier molecular flexibility index (Phi) is 3.91. The smallest absolute Gasteiger partial charge is 0.171 e. The van der Waals surface area contributed by atoms with Crippen LogP contribution in [0.15, 0.2) is 10.6 Å². The topological polar surface area (TPSA) is 17.1 Å². The minimum Gasteiger partial charge on any atom is -0.294 e. The summed E-state index contributed by atoms with van der Waals surface area (Å²) in [6.45, 7) is 3.15. The molecule has 0 amide bonds. The van der Waals surface area contributed by atoms with Crippen LogP contribution in [-0.2, 0) is 4.79 Å². The number of alkyl halides is 1. The molecular weight excluding hydrogens is 159 g/mol. The van der Waals surface area contributed by atoms with Gasteiger partial charge in [-0.1, -0.05) is 11.6 Å². The molecule has 1 nitrogen and oxygen atoms in total. The largest absolute Gasteiger partial charge is 0.294 e. The lowest BCUT2D eigenvalue weighted by Gasteiger charge is -1.94. The maximum Gasteiger partial charge on any atom is 0.171 e. The third-order valence-corrected chi connectivity index (χ3v) is 1.87. The lowest BCUT2D eigenvalue weighted by atomic mass is 10.3. The van der Waals surface area contributed by atoms with E-state index < -0.39 is 0 Å². The zero-order valence-electron chi connectivity index (χ0n) is 5.37. The minimum atomic E-state index is -0.130. The molecule has 0 heterocycles. The molecular formula is C6H8Cl2O. The van der Waals surface area contributed by atoms with E-state index >= 15 is 0 Å². The van der Waals surface area contributed by atoms with Crippen LogP contribution in [0, 0.1) is 0 Å². The molecule has 0 saturated heterocycles. The Morgan fingerprint density at radius 1 is 1.44 bits per heavy atom. The normalized spacial score (nSPS) is 12.9. The number of rotatable bonds is 2. The van der Waals surface area contributed by atoms with Crippen LogP contribution in [0.3, 0.4) is 0 Å². The highest BCUT2D eigenvalue weighted by Crippen LogP contribution is 2.10. The molecule has 0 N–H and O–H groups in total. The predicted octanol–water partition coefficient (Wildman–Crippen LogP) is 2.33. The molecule has 0 aromatic rings. The van der Waals surface area contributed by atoms with Crippen LogP contribution in [0.1, 0.15) is 13.8 Å². The standard InChI is InChI=1S/C6H8Cl2O/c1-4(3-7)6(8)5(2)9/h3H2,1-2H3/b6-4-. The lowest BCUT2D eigenvalue weighted by Crippen LogP contribution is -1.93. The van der Waals surface area contributed by atoms with Crippen molar-refractivity contribution in [3.8, 4) is 0 Å². The first-order valence-electron chi connectivity index (χ1n) is 2.51. The van der Waals surface area contributed by atoms with Crippen LogP contribution in [0.25, 0.3) is 0 Å². The summed E-state index contributed by atoms with van der Waals surface area (Å²) in [5.74, 6) is 0.188. The van der Waals surface area contributed by atoms with Gasteiger partial charge in [-0.15, -0.1) is 11.6 Å². The molecule has 0 spiro atoms. The fraction of sp³-hybridized carbons (Fsp3) is 0.500. The molecule has 0 aliphatic heterocycles. The van der Waals surface area contributed by atoms with Gasteiger partial charge in [0.15, 0.2) is 5.78 Å². The summed E-state index contributed by atoms with van der Waals surface area (Å²) in [6, 6.07) is 0. The van der Waals surface area contributed by atoms with Gasteiger partial charge in [-0.2, -0.15) is 0 Å². The fourth-order valence-corrected chi connectivity index (χ4v) is 0.628. The van der Waals surface area contributed by atoms with E-state index in [1.807, 2.05) is 0 Å². The highest BCUT2D eigenvalue weighted by molar-refractivity contribution is 6.43. The molecule has 0 radical (unpaired) electrons. The number of carbonyl (C=O) groups is 1. The lowest BCUT2D eigenvalue weighted by molar-refractivity contribution is -0.113. The molecule has 0 fully saturated rings. The summed E-state index contributed by atoms with van der Waals surface area (Å²) in [4.78, 5) is 10.5. The first-order chi connectivity index (χ1) is 4.09. The summed E-state index contributed by atoms with van der Waals surface area (Å²) in [5, 5.41) is 0.255. The van der Waals surface area contributed by atoms with Gasteiger partial charge < -0.3 is 0 Å². The van der Waals surface area contributed by atoms with E-state index in [0.717, 1.165) is 5.57 Å². The second-order valence-corrected chi connectivity index (χ2v) is 2.43. The first kappa shape index (κ1) is 8.99. The van der Waals surface area contributed by atoms with Gasteiger partial charge in [0, 0.05) is 12.8 Å². The van der Waals surface area contributed by atoms with Gasteiger partial charge in [0.2, 0.25) is 0 Å². The van der Waals surface area contributed by atoms with Crippen molar-refractivity contribution in [1.82, 2.24) is 0 Å². The maximum atomic E-state index is 10.5. The third-order valence-electron chi connectivity index (χ3n) is 0.884. The highest BCUT2D eigenvalue weighted by atomic mass is 35.5. The van der Waals surface area contributed by atoms with Gasteiger partial charge in [0.05, 0.1) is 5.03 Å². The Morgan fingerprint density at radius 3 is 2.00 bits per heavy atom. The third kappa shape index (κ3) is 2.87. The van der Waals surface area contributed by atoms with Gasteiger partial charge >= 0.3 is 0 Å². The molecule has 0 bridgehead atoms. The van der Waals surface area contributed by atoms with Gasteiger partial charge in [-0.05, 0) is 12.5 Å². The average Bonchev–Trinajstić information content (AvgIpc) is 1.84. The Hall–Kier alpha value is -0.0100. The molecule has 0 atom stereocenters. The summed E-state index contributed by atoms with van der Waals surface area (Å²) in [6.07, 6.45) is 0. The number of hydrogen-bond acceptors (Lipinski definition) is 1. The van der Waals surface area contributed by atoms with E-state index in [1.165, 1.54) is 6.92 Å². The molecule has 0 unspecified atom stereocenters. The number of allylic oxidation sites excluding steroid dienone is 2. The van der Waals surface area contributed by atoms with Crippen molar-refractivity contribution in [3.63, 3.8) is 0 Å². The first-order valence-corrected chi connectivity index (χ1v) is 3.43. The molecule has 0 rings (SSSR count). The van der Waals surface area contributed by atoms with Crippen LogP contribution >= 0.6 is 23.2 Å². The van der Waals surface area contributed by atoms with Gasteiger partial charge in [0.25, 0.3) is 0 Å². The van der Waals surface area contributed by atoms with Gasteiger partial charge in [-0.25, -0.2) is 0 Å². The van der Waals surface area contributed by atoms with Gasteiger partial charge in [0.1, 0.15) is 0 Å². The highest BCUT2D eigenvalue weighted by Gasteiger charge is 2.02. The monoisotopic (exact) mass is 166 g/mol. The summed E-state index contributed by atoms with van der Waals surface area (Å²) >= 11 is 10.9. The molecule has 0 saturated carbocycles. The predicted molar refractivity (Wildman–Crippen MR) is 40.0 cm³/mol. The maximum absolute atomic E-state index is 10.5. The minimum absolute atomic E-state index is 0.130. The molecule has 9 heavy (non-hydrogen) atoms. The number of halogens is 2.